The maximum Gasteiger partial charge on any atom is 0.303 e. The average Bonchev–Trinajstić information content (AvgIpc) is 2.04. The Balaban J connectivity index is 2.31. The van der Waals surface area contributed by atoms with E-state index in [1.54, 1.807) is 0 Å². The van der Waals surface area contributed by atoms with Gasteiger partial charge in [0.05, 0.1) is 0 Å². The molecule has 1 aliphatic rings. The lowest BCUT2D eigenvalue weighted by molar-refractivity contribution is -0.138. The van der Waals surface area contributed by atoms with Crippen molar-refractivity contribution in [1.82, 2.24) is 0 Å². The van der Waals surface area contributed by atoms with Crippen LogP contribution in [0.25, 0.3) is 0 Å². The van der Waals surface area contributed by atoms with Crippen molar-refractivity contribution in [3.8, 4) is 0 Å². The summed E-state index contributed by atoms with van der Waals surface area (Å²) in [6.07, 6.45) is 2.53. The molecule has 13 heavy (non-hydrogen) atoms. The van der Waals surface area contributed by atoms with E-state index in [9.17, 15) is 9.18 Å². The van der Waals surface area contributed by atoms with Crippen LogP contribution in [0.15, 0.2) is 0 Å². The number of rotatable bonds is 3. The van der Waals surface area contributed by atoms with Crippen LogP contribution >= 0.6 is 0 Å². The highest BCUT2D eigenvalue weighted by atomic mass is 19.1. The number of hydrogen-bond donors (Lipinski definition) is 1. The third kappa shape index (κ3) is 3.33. The van der Waals surface area contributed by atoms with Crippen LogP contribution in [0.1, 0.15) is 39.0 Å². The summed E-state index contributed by atoms with van der Waals surface area (Å²) in [4.78, 5) is 10.4. The molecule has 0 aromatic rings. The number of carboxylic acids is 1. The Morgan fingerprint density at radius 3 is 2.46 bits per heavy atom. The lowest BCUT2D eigenvalue weighted by Crippen LogP contribution is -2.22. The molecule has 3 heteroatoms. The van der Waals surface area contributed by atoms with Crippen LogP contribution in [0, 0.1) is 11.8 Å². The second-order valence-corrected chi connectivity index (χ2v) is 4.09. The topological polar surface area (TPSA) is 37.3 Å². The zero-order chi connectivity index (χ0) is 9.84. The number of halogens is 1. The Kier molecular flexibility index (Phi) is 3.70. The summed E-state index contributed by atoms with van der Waals surface area (Å²) in [6.45, 7) is 1.96. The molecule has 0 bridgehead atoms. The Bertz CT molecular complexity index is 174. The third-order valence-electron chi connectivity index (χ3n) is 3.00. The van der Waals surface area contributed by atoms with E-state index in [1.165, 1.54) is 0 Å². The number of alkyl halides is 1. The van der Waals surface area contributed by atoms with E-state index in [0.29, 0.717) is 18.8 Å². The zero-order valence-corrected chi connectivity index (χ0v) is 8.00. The van der Waals surface area contributed by atoms with E-state index in [2.05, 4.69) is 0 Å². The molecule has 0 aromatic heterocycles. The number of hydrogen-bond acceptors (Lipinski definition) is 1. The molecule has 0 heterocycles. The van der Waals surface area contributed by atoms with Gasteiger partial charge in [-0.3, -0.25) is 4.79 Å². The van der Waals surface area contributed by atoms with E-state index in [4.69, 9.17) is 5.11 Å². The predicted octanol–water partition coefficient (Wildman–Crippen LogP) is 2.63. The van der Waals surface area contributed by atoms with Gasteiger partial charge in [0.15, 0.2) is 0 Å². The van der Waals surface area contributed by atoms with Gasteiger partial charge in [0.2, 0.25) is 0 Å². The first-order valence-corrected chi connectivity index (χ1v) is 4.95. The fraction of sp³-hybridized carbons (Fsp3) is 0.900. The molecule has 0 aliphatic heterocycles. The molecule has 2 nitrogen and oxygen atoms in total. The first-order chi connectivity index (χ1) is 6.09. The molecule has 0 amide bonds. The lowest BCUT2D eigenvalue weighted by Gasteiger charge is -2.28. The summed E-state index contributed by atoms with van der Waals surface area (Å²) >= 11 is 0. The summed E-state index contributed by atoms with van der Waals surface area (Å²) in [5.74, 6) is -0.122. The van der Waals surface area contributed by atoms with E-state index in [0.717, 1.165) is 12.8 Å². The van der Waals surface area contributed by atoms with Crippen molar-refractivity contribution in [2.75, 3.05) is 0 Å². The standard InChI is InChI=1S/C10H17FO2/c1-7(6-10(12)13)8-2-4-9(11)5-3-8/h7-9H,2-6H2,1H3,(H,12,13). The van der Waals surface area contributed by atoms with Gasteiger partial charge in [-0.15, -0.1) is 0 Å². The minimum absolute atomic E-state index is 0.199. The number of carbonyl (C=O) groups is 1. The Morgan fingerprint density at radius 1 is 1.46 bits per heavy atom. The van der Waals surface area contributed by atoms with Gasteiger partial charge in [-0.2, -0.15) is 0 Å². The predicted molar refractivity (Wildman–Crippen MR) is 48.3 cm³/mol. The first-order valence-electron chi connectivity index (χ1n) is 4.95. The number of carboxylic acid groups (broad SMARTS) is 1. The Morgan fingerprint density at radius 2 is 2.00 bits per heavy atom. The molecule has 0 radical (unpaired) electrons. The van der Waals surface area contributed by atoms with Crippen LogP contribution in [-0.2, 0) is 4.79 Å². The molecule has 1 aliphatic carbocycles. The molecule has 0 spiro atoms. The van der Waals surface area contributed by atoms with Crippen LogP contribution in [-0.4, -0.2) is 17.2 Å². The van der Waals surface area contributed by atoms with Crippen LogP contribution < -0.4 is 0 Å². The monoisotopic (exact) mass is 188 g/mol. The van der Waals surface area contributed by atoms with Gasteiger partial charge in [0.1, 0.15) is 6.17 Å². The SMILES string of the molecule is CC(CC(=O)O)C1CCC(F)CC1. The van der Waals surface area contributed by atoms with E-state index in [1.807, 2.05) is 6.92 Å². The molecule has 0 saturated heterocycles. The van der Waals surface area contributed by atoms with Crippen molar-refractivity contribution in [1.29, 1.82) is 0 Å². The van der Waals surface area contributed by atoms with Gasteiger partial charge in [-0.25, -0.2) is 4.39 Å². The normalized spacial score (nSPS) is 31.2. The van der Waals surface area contributed by atoms with E-state index in [-0.39, 0.29) is 12.3 Å². The van der Waals surface area contributed by atoms with Gasteiger partial charge in [-0.05, 0) is 37.5 Å². The summed E-state index contributed by atoms with van der Waals surface area (Å²) in [6, 6.07) is 0. The summed E-state index contributed by atoms with van der Waals surface area (Å²) < 4.78 is 12.8. The molecule has 1 unspecified atom stereocenters. The van der Waals surface area contributed by atoms with E-state index < -0.39 is 12.1 Å². The molecule has 1 atom stereocenters. The van der Waals surface area contributed by atoms with Crippen LogP contribution in [0.5, 0.6) is 0 Å². The minimum atomic E-state index is -0.741. The van der Waals surface area contributed by atoms with Crippen molar-refractivity contribution in [3.05, 3.63) is 0 Å². The van der Waals surface area contributed by atoms with Gasteiger partial charge < -0.3 is 5.11 Å². The largest absolute Gasteiger partial charge is 0.481 e. The molecule has 1 saturated carbocycles. The molecular formula is C10H17FO2. The molecule has 76 valence electrons. The summed E-state index contributed by atoms with van der Waals surface area (Å²) in [5, 5.41) is 8.59. The van der Waals surface area contributed by atoms with Crippen LogP contribution in [0.2, 0.25) is 0 Å². The van der Waals surface area contributed by atoms with Crippen molar-refractivity contribution in [3.63, 3.8) is 0 Å². The first kappa shape index (κ1) is 10.5. The van der Waals surface area contributed by atoms with Gasteiger partial charge in [0.25, 0.3) is 0 Å². The molecular weight excluding hydrogens is 171 g/mol. The highest BCUT2D eigenvalue weighted by Gasteiger charge is 2.25. The maximum atomic E-state index is 12.8. The van der Waals surface area contributed by atoms with Gasteiger partial charge >= 0.3 is 5.97 Å². The average molecular weight is 188 g/mol. The lowest BCUT2D eigenvalue weighted by atomic mass is 9.79. The fourth-order valence-corrected chi connectivity index (χ4v) is 2.09. The highest BCUT2D eigenvalue weighted by Crippen LogP contribution is 2.32. The van der Waals surface area contributed by atoms with Crippen LogP contribution in [0.3, 0.4) is 0 Å². The summed E-state index contributed by atoms with van der Waals surface area (Å²) in [5.41, 5.74) is 0. The molecule has 1 fully saturated rings. The third-order valence-corrected chi connectivity index (χ3v) is 3.00. The highest BCUT2D eigenvalue weighted by molar-refractivity contribution is 5.66. The quantitative estimate of drug-likeness (QED) is 0.739. The minimum Gasteiger partial charge on any atom is -0.481 e. The molecule has 0 aromatic carbocycles. The van der Waals surface area contributed by atoms with Gasteiger partial charge in [-0.1, -0.05) is 6.92 Å². The zero-order valence-electron chi connectivity index (χ0n) is 8.00. The van der Waals surface area contributed by atoms with Crippen molar-refractivity contribution >= 4 is 5.97 Å². The molecule has 1 rings (SSSR count). The Labute approximate surface area is 78.1 Å². The van der Waals surface area contributed by atoms with Crippen molar-refractivity contribution < 1.29 is 14.3 Å². The fourth-order valence-electron chi connectivity index (χ4n) is 2.09. The van der Waals surface area contributed by atoms with Gasteiger partial charge in [0, 0.05) is 6.42 Å². The second kappa shape index (κ2) is 4.58. The van der Waals surface area contributed by atoms with Crippen molar-refractivity contribution in [2.24, 2.45) is 11.8 Å². The molecule has 1 N–H and O–H groups in total. The van der Waals surface area contributed by atoms with Crippen LogP contribution in [0.4, 0.5) is 4.39 Å². The Hall–Kier alpha value is -0.600. The second-order valence-electron chi connectivity index (χ2n) is 4.09. The number of aliphatic carboxylic acids is 1. The smallest absolute Gasteiger partial charge is 0.303 e. The maximum absolute atomic E-state index is 12.8. The van der Waals surface area contributed by atoms with Crippen molar-refractivity contribution in [2.45, 2.75) is 45.2 Å². The van der Waals surface area contributed by atoms with E-state index >= 15 is 0 Å². The summed E-state index contributed by atoms with van der Waals surface area (Å²) in [7, 11) is 0.